The molecule has 7 nitrogen and oxygen atoms in total. The van der Waals surface area contributed by atoms with Gasteiger partial charge in [0, 0.05) is 25.1 Å². The van der Waals surface area contributed by atoms with Crippen LogP contribution >= 0.6 is 0 Å². The first-order valence-electron chi connectivity index (χ1n) is 6.70. The molecule has 0 spiro atoms. The average molecular weight is 280 g/mol. The number of amides is 2. The number of aromatic nitrogens is 2. The van der Waals surface area contributed by atoms with Crippen LogP contribution in [0, 0.1) is 5.92 Å². The number of nitrogens with one attached hydrogen (secondary N) is 3. The van der Waals surface area contributed by atoms with Crippen LogP contribution in [0.2, 0.25) is 0 Å². The van der Waals surface area contributed by atoms with Crippen molar-refractivity contribution >= 4 is 11.8 Å². The predicted octanol–water partition coefficient (Wildman–Crippen LogP) is 0.0521. The lowest BCUT2D eigenvalue weighted by Gasteiger charge is -2.12. The summed E-state index contributed by atoms with van der Waals surface area (Å²) in [5, 5.41) is 11.2. The van der Waals surface area contributed by atoms with Crippen molar-refractivity contribution in [2.24, 2.45) is 5.92 Å². The maximum Gasteiger partial charge on any atom is 0.271 e. The Morgan fingerprint density at radius 1 is 1.20 bits per heavy atom. The molecule has 0 aromatic carbocycles. The minimum atomic E-state index is -0.391. The molecule has 0 aliphatic rings. The number of hydrogen-bond acceptors (Lipinski definition) is 4. The largest absolute Gasteiger partial charge is 0.354 e. The molecule has 1 aromatic rings. The van der Waals surface area contributed by atoms with Gasteiger partial charge in [-0.2, -0.15) is 5.10 Å². The van der Waals surface area contributed by atoms with Crippen LogP contribution in [0.25, 0.3) is 0 Å². The molecule has 110 valence electrons. The predicted molar refractivity (Wildman–Crippen MR) is 74.3 cm³/mol. The zero-order chi connectivity index (χ0) is 15.0. The highest BCUT2D eigenvalue weighted by atomic mass is 16.2. The Bertz CT molecular complexity index is 488. The van der Waals surface area contributed by atoms with Crippen molar-refractivity contribution in [2.75, 3.05) is 13.1 Å². The molecule has 0 atom stereocenters. The van der Waals surface area contributed by atoms with Crippen molar-refractivity contribution in [2.45, 2.75) is 26.7 Å². The van der Waals surface area contributed by atoms with E-state index < -0.39 is 5.91 Å². The van der Waals surface area contributed by atoms with E-state index in [9.17, 15) is 14.4 Å². The van der Waals surface area contributed by atoms with Gasteiger partial charge in [-0.25, -0.2) is 5.10 Å². The van der Waals surface area contributed by atoms with E-state index in [4.69, 9.17) is 0 Å². The number of aromatic amines is 1. The van der Waals surface area contributed by atoms with Gasteiger partial charge < -0.3 is 10.6 Å². The molecule has 3 N–H and O–H groups in total. The van der Waals surface area contributed by atoms with E-state index >= 15 is 0 Å². The van der Waals surface area contributed by atoms with Crippen LogP contribution in [0.3, 0.4) is 0 Å². The molecule has 0 radical (unpaired) electrons. The zero-order valence-electron chi connectivity index (χ0n) is 11.7. The molecule has 2 amide bonds. The quantitative estimate of drug-likeness (QED) is 0.614. The fraction of sp³-hybridized carbons (Fsp3) is 0.538. The van der Waals surface area contributed by atoms with Crippen molar-refractivity contribution in [3.8, 4) is 0 Å². The molecular weight excluding hydrogens is 260 g/mol. The summed E-state index contributed by atoms with van der Waals surface area (Å²) in [5.41, 5.74) is -0.227. The lowest BCUT2D eigenvalue weighted by atomic mass is 10.0. The second-order valence-electron chi connectivity index (χ2n) is 4.37. The van der Waals surface area contributed by atoms with Gasteiger partial charge in [0.2, 0.25) is 5.91 Å². The molecule has 1 aromatic heterocycles. The fourth-order valence-electron chi connectivity index (χ4n) is 1.73. The van der Waals surface area contributed by atoms with Crippen LogP contribution in [0.1, 0.15) is 37.2 Å². The van der Waals surface area contributed by atoms with Crippen LogP contribution < -0.4 is 16.2 Å². The third kappa shape index (κ3) is 4.83. The lowest BCUT2D eigenvalue weighted by molar-refractivity contribution is -0.125. The van der Waals surface area contributed by atoms with Gasteiger partial charge in [-0.05, 0) is 18.9 Å². The number of H-pyrrole nitrogens is 1. The molecule has 0 bridgehead atoms. The van der Waals surface area contributed by atoms with E-state index in [-0.39, 0.29) is 23.1 Å². The summed E-state index contributed by atoms with van der Waals surface area (Å²) >= 11 is 0. The first-order chi connectivity index (χ1) is 9.58. The van der Waals surface area contributed by atoms with E-state index in [1.54, 1.807) is 0 Å². The van der Waals surface area contributed by atoms with Crippen molar-refractivity contribution < 1.29 is 9.59 Å². The van der Waals surface area contributed by atoms with E-state index in [2.05, 4.69) is 20.8 Å². The monoisotopic (exact) mass is 280 g/mol. The Balaban J connectivity index is 2.30. The van der Waals surface area contributed by atoms with E-state index in [0.29, 0.717) is 13.1 Å². The van der Waals surface area contributed by atoms with Crippen LogP contribution in [-0.2, 0) is 4.79 Å². The van der Waals surface area contributed by atoms with Crippen LogP contribution in [0.4, 0.5) is 0 Å². The molecule has 0 fully saturated rings. The standard InChI is InChI=1S/C13H20N4O3/c1-3-9(4-2)12(19)14-7-8-15-13(20)10-5-6-11(18)17-16-10/h5-6,9H,3-4,7-8H2,1-2H3,(H,14,19)(H,15,20)(H,17,18). The van der Waals surface area contributed by atoms with Gasteiger partial charge in [0.05, 0.1) is 0 Å². The minimum absolute atomic E-state index is 0.00594. The molecule has 1 heterocycles. The van der Waals surface area contributed by atoms with Crippen LogP contribution in [0.5, 0.6) is 0 Å². The molecule has 0 aliphatic carbocycles. The van der Waals surface area contributed by atoms with E-state index in [1.165, 1.54) is 12.1 Å². The van der Waals surface area contributed by atoms with Gasteiger partial charge >= 0.3 is 0 Å². The first kappa shape index (κ1) is 15.9. The van der Waals surface area contributed by atoms with Gasteiger partial charge in [-0.3, -0.25) is 14.4 Å². The smallest absolute Gasteiger partial charge is 0.271 e. The number of nitrogens with zero attached hydrogens (tertiary/aromatic N) is 1. The summed E-state index contributed by atoms with van der Waals surface area (Å²) in [7, 11) is 0. The Morgan fingerprint density at radius 3 is 2.40 bits per heavy atom. The summed E-state index contributed by atoms with van der Waals surface area (Å²) in [6.07, 6.45) is 1.60. The number of carbonyl (C=O) groups is 2. The van der Waals surface area contributed by atoms with Gasteiger partial charge in [0.15, 0.2) is 0 Å². The summed E-state index contributed by atoms with van der Waals surface area (Å²) < 4.78 is 0. The summed E-state index contributed by atoms with van der Waals surface area (Å²) in [4.78, 5) is 34.1. The third-order valence-corrected chi connectivity index (χ3v) is 2.98. The lowest BCUT2D eigenvalue weighted by Crippen LogP contribution is -2.37. The molecule has 0 saturated carbocycles. The summed E-state index contributed by atoms with van der Waals surface area (Å²) in [6, 6.07) is 2.58. The van der Waals surface area contributed by atoms with E-state index in [1.807, 2.05) is 13.8 Å². The van der Waals surface area contributed by atoms with Crippen molar-refractivity contribution in [1.29, 1.82) is 0 Å². The molecule has 7 heteroatoms. The summed E-state index contributed by atoms with van der Waals surface area (Å²) in [5.74, 6) is -0.365. The SMILES string of the molecule is CCC(CC)C(=O)NCCNC(=O)c1ccc(=O)[nH]n1. The Labute approximate surface area is 117 Å². The van der Waals surface area contributed by atoms with Crippen LogP contribution in [0.15, 0.2) is 16.9 Å². The second kappa shape index (κ2) is 8.08. The molecule has 0 aliphatic heterocycles. The molecule has 0 unspecified atom stereocenters. The topological polar surface area (TPSA) is 104 Å². The Hall–Kier alpha value is -2.18. The summed E-state index contributed by atoms with van der Waals surface area (Å²) in [6.45, 7) is 4.62. The van der Waals surface area contributed by atoms with Gasteiger partial charge in [-0.1, -0.05) is 13.8 Å². The first-order valence-corrected chi connectivity index (χ1v) is 6.70. The van der Waals surface area contributed by atoms with Crippen molar-refractivity contribution in [3.63, 3.8) is 0 Å². The Morgan fingerprint density at radius 2 is 1.85 bits per heavy atom. The molecular formula is C13H20N4O3. The van der Waals surface area contributed by atoms with Crippen molar-refractivity contribution in [1.82, 2.24) is 20.8 Å². The number of hydrogen-bond donors (Lipinski definition) is 3. The second-order valence-corrected chi connectivity index (χ2v) is 4.37. The fourth-order valence-corrected chi connectivity index (χ4v) is 1.73. The molecule has 0 saturated heterocycles. The highest BCUT2D eigenvalue weighted by Gasteiger charge is 2.13. The van der Waals surface area contributed by atoms with E-state index in [0.717, 1.165) is 12.8 Å². The molecule has 20 heavy (non-hydrogen) atoms. The number of carbonyl (C=O) groups excluding carboxylic acids is 2. The molecule has 1 rings (SSSR count). The Kier molecular flexibility index (Phi) is 6.42. The van der Waals surface area contributed by atoms with Gasteiger partial charge in [-0.15, -0.1) is 0 Å². The normalized spacial score (nSPS) is 10.3. The number of rotatable bonds is 7. The van der Waals surface area contributed by atoms with Gasteiger partial charge in [0.1, 0.15) is 5.69 Å². The third-order valence-electron chi connectivity index (χ3n) is 2.98. The zero-order valence-corrected chi connectivity index (χ0v) is 11.7. The minimum Gasteiger partial charge on any atom is -0.354 e. The van der Waals surface area contributed by atoms with Gasteiger partial charge in [0.25, 0.3) is 11.5 Å². The highest BCUT2D eigenvalue weighted by molar-refractivity contribution is 5.92. The maximum absolute atomic E-state index is 11.7. The highest BCUT2D eigenvalue weighted by Crippen LogP contribution is 2.06. The average Bonchev–Trinajstić information content (AvgIpc) is 2.45. The van der Waals surface area contributed by atoms with Crippen molar-refractivity contribution in [3.05, 3.63) is 28.2 Å². The van der Waals surface area contributed by atoms with Crippen LogP contribution in [-0.4, -0.2) is 35.1 Å². The maximum atomic E-state index is 11.7.